The van der Waals surface area contributed by atoms with Crippen molar-refractivity contribution in [2.75, 3.05) is 13.2 Å². The minimum Gasteiger partial charge on any atom is -0.0625 e. The topological polar surface area (TPSA) is 60.8 Å². The molecule has 1 aliphatic heterocycles. The van der Waals surface area contributed by atoms with Gasteiger partial charge in [-0.25, -0.2) is 0 Å². The predicted octanol–water partition coefficient (Wildman–Crippen LogP) is 16.8. The first-order valence-electron chi connectivity index (χ1n) is 26.3. The molecule has 2 aliphatic rings. The Kier molecular flexibility index (Phi) is 14.3. The summed E-state index contributed by atoms with van der Waals surface area (Å²) in [7, 11) is -2.65. The molecule has 12 rings (SSSR count). The summed E-state index contributed by atoms with van der Waals surface area (Å²) in [6.07, 6.45) is 12.0. The number of thiophene rings is 2. The SMILES string of the molecule is C/C=C/c1sc(-c2c3nsnc3c(-c3cc(CC(C)C)c(C(C=C4COCC4=CCC)=C([C]#[Os])[P+](c4ccccc4)(c4ccccc4)c4ccccc4)s3)c3nc4c(nc23)-c2cccc3cccc-4c23)cc1CC(C)C. The van der Waals surface area contributed by atoms with E-state index in [2.05, 4.69) is 210 Å². The molecular formula is C66H57N4OOsPS3+. The van der Waals surface area contributed by atoms with Gasteiger partial charge in [0, 0.05) is 4.88 Å². The van der Waals surface area contributed by atoms with Crippen LogP contribution in [0.2, 0.25) is 0 Å². The van der Waals surface area contributed by atoms with Crippen molar-refractivity contribution in [3.8, 4) is 47.8 Å². The van der Waals surface area contributed by atoms with E-state index in [0.717, 1.165) is 84.7 Å². The van der Waals surface area contributed by atoms with Gasteiger partial charge in [-0.05, 0) is 36.3 Å². The van der Waals surface area contributed by atoms with Gasteiger partial charge < -0.3 is 0 Å². The van der Waals surface area contributed by atoms with E-state index < -0.39 is 7.26 Å². The van der Waals surface area contributed by atoms with Crippen LogP contribution >= 0.6 is 41.7 Å². The zero-order valence-corrected chi connectivity index (χ0v) is 49.4. The quantitative estimate of drug-likeness (QED) is 0.102. The first-order chi connectivity index (χ1) is 37.2. The number of allylic oxidation sites excluding steroid dienone is 5. The molecule has 5 heterocycles. The maximum absolute atomic E-state index is 6.34. The van der Waals surface area contributed by atoms with Crippen LogP contribution in [0.15, 0.2) is 174 Å². The van der Waals surface area contributed by atoms with Gasteiger partial charge in [-0.3, -0.25) is 0 Å². The van der Waals surface area contributed by atoms with Gasteiger partial charge in [-0.15, -0.1) is 0 Å². The van der Waals surface area contributed by atoms with Gasteiger partial charge in [0.25, 0.3) is 0 Å². The Morgan fingerprint density at radius 3 is 1.71 bits per heavy atom. The van der Waals surface area contributed by atoms with Gasteiger partial charge in [0.1, 0.15) is 0 Å². The first kappa shape index (κ1) is 50.7. The summed E-state index contributed by atoms with van der Waals surface area (Å²) < 4.78 is 20.9. The second kappa shape index (κ2) is 21.4. The summed E-state index contributed by atoms with van der Waals surface area (Å²) in [5.41, 5.74) is 15.8. The number of hydrogen-bond donors (Lipinski definition) is 0. The van der Waals surface area contributed by atoms with Gasteiger partial charge in [0.2, 0.25) is 0 Å². The molecule has 0 amide bonds. The fourth-order valence-electron chi connectivity index (χ4n) is 11.5. The van der Waals surface area contributed by atoms with Crippen molar-refractivity contribution in [2.24, 2.45) is 11.8 Å². The second-order valence-corrected chi connectivity index (χ2v) is 27.2. The number of hydrogen-bond acceptors (Lipinski definition) is 8. The standard InChI is InChI=1S/C66H57N4OPS3.Os/c1-8-21-44-38-71-39-47(44)35-53(42(7)72(48-25-13-10-14-26-48,49-27-15-11-16-28-49)50-29-17-12-18-30-50)66-46(34-41(5)6)37-56(74-66)59-63-62(67-60-51-31-19-23-43-24-20-32-52(57(43)51)61(60)68-63)58(64-65(59)70-75-69-64)55-36-45(33-40(3)4)54(73-55)22-9-2;/h9-32,35-37,40-41H,8,33-34,38-39H2,1-6H3;/q+1;/b22-9+,44-21?,47-35?,53-42?;. The third kappa shape index (κ3) is 8.80. The van der Waals surface area contributed by atoms with Crippen LogP contribution in [0.4, 0.5) is 0 Å². The molecule has 0 spiro atoms. The number of benzene rings is 6. The predicted molar refractivity (Wildman–Crippen MR) is 324 cm³/mol. The molecule has 0 N–H and O–H groups in total. The minimum atomic E-state index is -2.65. The third-order valence-electron chi connectivity index (χ3n) is 14.5. The molecule has 5 nitrogen and oxygen atoms in total. The summed E-state index contributed by atoms with van der Waals surface area (Å²) in [6.45, 7) is 14.7. The maximum atomic E-state index is 6.34. The van der Waals surface area contributed by atoms with E-state index in [-0.39, 0.29) is 0 Å². The molecule has 1 aliphatic carbocycles. The van der Waals surface area contributed by atoms with E-state index in [1.807, 2.05) is 40.6 Å². The van der Waals surface area contributed by atoms with Crippen molar-refractivity contribution in [1.29, 1.82) is 0 Å². The van der Waals surface area contributed by atoms with Crippen LogP contribution in [0.1, 0.15) is 68.8 Å². The van der Waals surface area contributed by atoms with Gasteiger partial charge >= 0.3 is 381 Å². The van der Waals surface area contributed by atoms with Crippen LogP contribution in [0, 0.1) is 16.2 Å². The monoisotopic (exact) mass is 1240 g/mol. The Labute approximate surface area is 468 Å². The molecule has 10 aromatic rings. The van der Waals surface area contributed by atoms with Crippen molar-refractivity contribution < 1.29 is 22.7 Å². The Bertz CT molecular complexity index is 3940. The zero-order chi connectivity index (χ0) is 52.1. The molecule has 0 bridgehead atoms. The zero-order valence-electron chi connectivity index (χ0n) is 43.5. The summed E-state index contributed by atoms with van der Waals surface area (Å²) in [5.74, 6) is 0.862. The van der Waals surface area contributed by atoms with Gasteiger partial charge in [-0.1, -0.05) is 50.3 Å². The molecule has 10 heteroatoms. The summed E-state index contributed by atoms with van der Waals surface area (Å²) in [4.78, 5) is 16.5. The second-order valence-electron chi connectivity index (χ2n) is 20.5. The molecule has 377 valence electrons. The average molecular weight is 1240 g/mol. The molecule has 76 heavy (non-hydrogen) atoms. The van der Waals surface area contributed by atoms with Crippen LogP contribution in [0.25, 0.3) is 87.9 Å². The Hall–Kier alpha value is -6.09. The van der Waals surface area contributed by atoms with E-state index >= 15 is 0 Å². The van der Waals surface area contributed by atoms with E-state index in [1.54, 1.807) is 0 Å². The van der Waals surface area contributed by atoms with Crippen LogP contribution < -0.4 is 15.9 Å². The van der Waals surface area contributed by atoms with Crippen molar-refractivity contribution in [3.63, 3.8) is 0 Å². The molecule has 1 fully saturated rings. The number of ether oxygens (including phenoxy) is 1. The summed E-state index contributed by atoms with van der Waals surface area (Å²) in [6, 6.07) is 51.6. The Balaban J connectivity index is 1.21. The third-order valence-corrected chi connectivity index (χ3v) is 22.8. The number of aromatic nitrogens is 4. The Morgan fingerprint density at radius 2 is 1.18 bits per heavy atom. The van der Waals surface area contributed by atoms with E-state index in [1.165, 1.54) is 81.3 Å². The van der Waals surface area contributed by atoms with Crippen LogP contribution in [0.5, 0.6) is 0 Å². The number of nitrogens with zero attached hydrogens (tertiary/aromatic N) is 4. The first-order valence-corrected chi connectivity index (χ1v) is 31.7. The van der Waals surface area contributed by atoms with Crippen molar-refractivity contribution in [1.82, 2.24) is 18.7 Å². The van der Waals surface area contributed by atoms with E-state index in [4.69, 9.17) is 23.5 Å². The molecule has 4 aromatic heterocycles. The molecule has 6 aromatic carbocycles. The average Bonchev–Trinajstić information content (AvgIpc) is 4.45. The fourth-order valence-corrected chi connectivity index (χ4v) is 20.4. The van der Waals surface area contributed by atoms with Crippen molar-refractivity contribution >= 4 is 102 Å². The van der Waals surface area contributed by atoms with Gasteiger partial charge in [-0.2, -0.15) is 0 Å². The van der Waals surface area contributed by atoms with Crippen LogP contribution in [0.3, 0.4) is 0 Å². The number of rotatable bonds is 14. The number of fused-ring (bicyclic) bond motifs is 5. The fraction of sp³-hybridized carbons (Fsp3) is 0.197. The molecular weight excluding hydrogens is 1180 g/mol. The van der Waals surface area contributed by atoms with Crippen LogP contribution in [-0.4, -0.2) is 31.9 Å². The molecule has 0 radical (unpaired) electrons. The van der Waals surface area contributed by atoms with Crippen molar-refractivity contribution in [2.45, 2.75) is 60.8 Å². The molecule has 0 unspecified atom stereocenters. The van der Waals surface area contributed by atoms with E-state index in [0.29, 0.717) is 25.0 Å². The van der Waals surface area contributed by atoms with Crippen molar-refractivity contribution in [3.05, 3.63) is 195 Å². The molecule has 0 saturated carbocycles. The molecule has 0 atom stereocenters. The van der Waals surface area contributed by atoms with E-state index in [9.17, 15) is 0 Å². The normalized spacial score (nSPS) is 14.9. The minimum absolute atomic E-state index is 0.365. The van der Waals surface area contributed by atoms with Gasteiger partial charge in [0.15, 0.2) is 0 Å². The van der Waals surface area contributed by atoms with Crippen LogP contribution in [-0.2, 0) is 35.5 Å². The summed E-state index contributed by atoms with van der Waals surface area (Å²) >= 11 is 6.81. The molecule has 1 saturated heterocycles. The Morgan fingerprint density at radius 1 is 0.658 bits per heavy atom. The van der Waals surface area contributed by atoms with Gasteiger partial charge in [0.05, 0.1) is 0 Å². The smallest absolute Gasteiger partial charge is 0.0625 e. The summed E-state index contributed by atoms with van der Waals surface area (Å²) in [5, 5.41) is 7.45.